The van der Waals surface area contributed by atoms with Crippen LogP contribution in [0.3, 0.4) is 0 Å². The lowest BCUT2D eigenvalue weighted by Gasteiger charge is -2.23. The highest BCUT2D eigenvalue weighted by Crippen LogP contribution is 2.47. The van der Waals surface area contributed by atoms with Gasteiger partial charge in [0.25, 0.3) is 0 Å². The van der Waals surface area contributed by atoms with Crippen molar-refractivity contribution in [2.75, 3.05) is 0 Å². The smallest absolute Gasteiger partial charge is 0.309 e. The highest BCUT2D eigenvalue weighted by atomic mass is 19.4. The molecule has 0 saturated carbocycles. The number of halogens is 3. The van der Waals surface area contributed by atoms with Gasteiger partial charge in [-0.15, -0.1) is 0 Å². The van der Waals surface area contributed by atoms with Crippen molar-refractivity contribution in [2.45, 2.75) is 20.0 Å². The summed E-state index contributed by atoms with van der Waals surface area (Å²) < 4.78 is 52.9. The molecule has 3 aromatic heterocycles. The number of rotatable bonds is 5. The monoisotopic (exact) mass is 785 g/mol. The zero-order valence-electron chi connectivity index (χ0n) is 32.1. The minimum atomic E-state index is -4.88. The molecule has 0 fully saturated rings. The van der Waals surface area contributed by atoms with Crippen molar-refractivity contribution >= 4 is 55.0 Å². The van der Waals surface area contributed by atoms with Gasteiger partial charge in [0.05, 0.1) is 46.6 Å². The van der Waals surface area contributed by atoms with Crippen LogP contribution < -0.4 is 0 Å². The summed E-state index contributed by atoms with van der Waals surface area (Å²) in [5.41, 5.74) is 5.08. The molecule has 0 N–H and O–H groups in total. The largest absolute Gasteiger partial charge is 0.420 e. The molecule has 7 nitrogen and oxygen atoms in total. The van der Waals surface area contributed by atoms with Crippen molar-refractivity contribution in [3.05, 3.63) is 186 Å². The highest BCUT2D eigenvalue weighted by molar-refractivity contribution is 6.12. The lowest BCUT2D eigenvalue weighted by atomic mass is 10.0. The first-order valence-corrected chi connectivity index (χ1v) is 19.1. The number of aromatic nitrogens is 5. The van der Waals surface area contributed by atoms with E-state index in [2.05, 4.69) is 24.6 Å². The molecular weight excluding hydrogens is 756 g/mol. The highest BCUT2D eigenvalue weighted by Gasteiger charge is 2.40. The van der Waals surface area contributed by atoms with Crippen LogP contribution in [0.15, 0.2) is 146 Å². The second kappa shape index (κ2) is 13.8. The number of aryl methyl sites for hydroxylation is 2. The quantitative estimate of drug-likeness (QED) is 0.163. The number of para-hydroxylation sites is 4. The number of nitrogens with zero attached hydrogens (tertiary/aromatic N) is 7. The van der Waals surface area contributed by atoms with E-state index in [0.717, 1.165) is 21.5 Å². The van der Waals surface area contributed by atoms with Gasteiger partial charge < -0.3 is 9.13 Å². The predicted molar refractivity (Wildman–Crippen MR) is 232 cm³/mol. The topological polar surface area (TPSA) is 57.2 Å². The molecule has 60 heavy (non-hydrogen) atoms. The van der Waals surface area contributed by atoms with E-state index in [1.165, 1.54) is 12.1 Å². The van der Waals surface area contributed by atoms with E-state index >= 15 is 13.2 Å². The minimum Gasteiger partial charge on any atom is -0.309 e. The Morgan fingerprint density at radius 2 is 0.883 bits per heavy atom. The van der Waals surface area contributed by atoms with Crippen molar-refractivity contribution < 1.29 is 13.2 Å². The summed E-state index contributed by atoms with van der Waals surface area (Å²) >= 11 is 0. The van der Waals surface area contributed by atoms with Crippen LogP contribution in [0.25, 0.3) is 98.3 Å². The van der Waals surface area contributed by atoms with Crippen LogP contribution in [0.4, 0.5) is 24.5 Å². The third-order valence-corrected chi connectivity index (χ3v) is 11.0. The zero-order valence-corrected chi connectivity index (χ0v) is 32.1. The van der Waals surface area contributed by atoms with Crippen LogP contribution >= 0.6 is 0 Å². The van der Waals surface area contributed by atoms with Gasteiger partial charge >= 0.3 is 6.18 Å². The van der Waals surface area contributed by atoms with Gasteiger partial charge in [-0.25, -0.2) is 24.6 Å². The van der Waals surface area contributed by atoms with Crippen LogP contribution in [0.1, 0.15) is 17.2 Å². The standard InChI is InChI=1S/C50H30F3N7/c1-29-56-30(2)58-49(57-29)33-27-46(59-42-19-11-7-15-36(42)38-23-21-31(25-44(38)59)34-13-5-9-17-40(34)54-3)48(50(51,52)53)47(28-33)60-43-20-12-8-16-37(43)39-24-22-32(26-45(39)60)35-14-6-10-18-41(35)55-4/h5-28H,1-2H3. The summed E-state index contributed by atoms with van der Waals surface area (Å²) in [6.07, 6.45) is -4.88. The summed E-state index contributed by atoms with van der Waals surface area (Å²) in [4.78, 5) is 21.2. The van der Waals surface area contributed by atoms with Crippen LogP contribution in [0, 0.1) is 27.0 Å². The van der Waals surface area contributed by atoms with E-state index in [9.17, 15) is 0 Å². The molecule has 0 aliphatic heterocycles. The number of alkyl halides is 3. The molecule has 3 heterocycles. The Kier molecular flexibility index (Phi) is 8.34. The predicted octanol–water partition coefficient (Wildman–Crippen LogP) is 13.8. The van der Waals surface area contributed by atoms with Crippen LogP contribution in [0.2, 0.25) is 0 Å². The molecule has 10 heteroatoms. The molecule has 7 aromatic carbocycles. The van der Waals surface area contributed by atoms with Gasteiger partial charge in [-0.05, 0) is 72.5 Å². The number of fused-ring (bicyclic) bond motifs is 6. The molecule has 0 amide bonds. The average Bonchev–Trinajstić information content (AvgIpc) is 3.77. The molecule has 286 valence electrons. The fourth-order valence-corrected chi connectivity index (χ4v) is 8.55. The van der Waals surface area contributed by atoms with Gasteiger partial charge in [0, 0.05) is 27.1 Å². The van der Waals surface area contributed by atoms with E-state index in [1.807, 2.05) is 109 Å². The maximum Gasteiger partial charge on any atom is 0.420 e. The lowest BCUT2D eigenvalue weighted by Crippen LogP contribution is -2.16. The van der Waals surface area contributed by atoms with Gasteiger partial charge in [-0.2, -0.15) is 13.2 Å². The first-order valence-electron chi connectivity index (χ1n) is 19.1. The minimum absolute atomic E-state index is 0.118. The summed E-state index contributed by atoms with van der Waals surface area (Å²) in [5.74, 6) is 1.09. The van der Waals surface area contributed by atoms with Crippen molar-refractivity contribution in [1.29, 1.82) is 0 Å². The summed E-state index contributed by atoms with van der Waals surface area (Å²) in [6, 6.07) is 43.7. The Balaban J connectivity index is 1.38. The van der Waals surface area contributed by atoms with Gasteiger partial charge in [-0.1, -0.05) is 109 Å². The first kappa shape index (κ1) is 36.3. The van der Waals surface area contributed by atoms with E-state index in [4.69, 9.17) is 13.1 Å². The Bertz CT molecular complexity index is 3270. The van der Waals surface area contributed by atoms with E-state index in [0.29, 0.717) is 72.9 Å². The molecule has 0 radical (unpaired) electrons. The molecule has 10 aromatic rings. The normalized spacial score (nSPS) is 11.7. The number of hydrogen-bond donors (Lipinski definition) is 0. The molecule has 0 aliphatic carbocycles. The molecule has 0 atom stereocenters. The Morgan fingerprint density at radius 1 is 0.467 bits per heavy atom. The Labute approximate surface area is 341 Å². The third-order valence-electron chi connectivity index (χ3n) is 11.0. The summed E-state index contributed by atoms with van der Waals surface area (Å²) in [7, 11) is 0. The second-order valence-corrected chi connectivity index (χ2v) is 14.6. The van der Waals surface area contributed by atoms with Gasteiger partial charge in [-0.3, -0.25) is 0 Å². The maximum atomic E-state index is 16.5. The van der Waals surface area contributed by atoms with Gasteiger partial charge in [0.15, 0.2) is 17.2 Å². The average molecular weight is 786 g/mol. The van der Waals surface area contributed by atoms with Crippen molar-refractivity contribution in [2.24, 2.45) is 0 Å². The molecule has 0 saturated heterocycles. The Hall–Kier alpha value is -8.08. The maximum absolute atomic E-state index is 16.5. The Morgan fingerprint density at radius 3 is 1.33 bits per heavy atom. The first-order chi connectivity index (χ1) is 29.1. The summed E-state index contributed by atoms with van der Waals surface area (Å²) in [5, 5.41) is 3.04. The molecule has 0 bridgehead atoms. The SMILES string of the molecule is [C-]#[N+]c1ccccc1-c1ccc2c3ccccc3n(-c3cc(-c4nc(C)nc(C)n4)cc(-n4c5ccccc5c5ccc(-c6ccccc6[N+]#[C-])cc54)c3C(F)(F)F)c2c1. The molecule has 10 rings (SSSR count). The van der Waals surface area contributed by atoms with Crippen molar-refractivity contribution in [3.63, 3.8) is 0 Å². The van der Waals surface area contributed by atoms with Crippen molar-refractivity contribution in [3.8, 4) is 45.0 Å². The van der Waals surface area contributed by atoms with Crippen molar-refractivity contribution in [1.82, 2.24) is 24.1 Å². The van der Waals surface area contributed by atoms with E-state index in [-0.39, 0.29) is 17.2 Å². The van der Waals surface area contributed by atoms with Gasteiger partial charge in [0.2, 0.25) is 0 Å². The molecule has 0 spiro atoms. The fraction of sp³-hybridized carbons (Fsp3) is 0.0600. The second-order valence-electron chi connectivity index (χ2n) is 14.6. The number of benzene rings is 7. The summed E-state index contributed by atoms with van der Waals surface area (Å²) in [6.45, 7) is 19.2. The van der Waals surface area contributed by atoms with Crippen LogP contribution in [-0.2, 0) is 6.18 Å². The van der Waals surface area contributed by atoms with Crippen LogP contribution in [0.5, 0.6) is 0 Å². The fourth-order valence-electron chi connectivity index (χ4n) is 8.55. The molecule has 0 unspecified atom stereocenters. The number of hydrogen-bond acceptors (Lipinski definition) is 3. The third kappa shape index (κ3) is 5.77. The lowest BCUT2D eigenvalue weighted by molar-refractivity contribution is -0.137. The van der Waals surface area contributed by atoms with E-state index in [1.54, 1.807) is 47.2 Å². The molecule has 0 aliphatic rings. The van der Waals surface area contributed by atoms with Crippen LogP contribution in [-0.4, -0.2) is 24.1 Å². The van der Waals surface area contributed by atoms with Gasteiger partial charge in [0.1, 0.15) is 17.2 Å². The zero-order chi connectivity index (χ0) is 41.3. The van der Waals surface area contributed by atoms with E-state index < -0.39 is 11.7 Å². The molecular formula is C50H30F3N7.